The largest absolute Gasteiger partial charge is 0.378 e. The van der Waals surface area contributed by atoms with Gasteiger partial charge in [0.05, 0.1) is 19.5 Å². The number of benzene rings is 2. The number of anilines is 6. The number of imidazole rings is 1. The van der Waals surface area contributed by atoms with E-state index in [-0.39, 0.29) is 0 Å². The minimum Gasteiger partial charge on any atom is -0.378 e. The van der Waals surface area contributed by atoms with Gasteiger partial charge in [0.15, 0.2) is 11.5 Å². The van der Waals surface area contributed by atoms with E-state index in [1.165, 1.54) is 5.69 Å². The lowest BCUT2D eigenvalue weighted by atomic mass is 10.2. The van der Waals surface area contributed by atoms with Gasteiger partial charge >= 0.3 is 0 Å². The predicted molar refractivity (Wildman–Crippen MR) is 128 cm³/mol. The Kier molecular flexibility index (Phi) is 5.47. The number of fused-ring (bicyclic) bond motifs is 1. The van der Waals surface area contributed by atoms with Gasteiger partial charge in [-0.15, -0.1) is 0 Å². The van der Waals surface area contributed by atoms with Crippen LogP contribution in [0.4, 0.5) is 34.5 Å². The van der Waals surface area contributed by atoms with E-state index in [9.17, 15) is 0 Å². The fourth-order valence-corrected chi connectivity index (χ4v) is 3.68. The summed E-state index contributed by atoms with van der Waals surface area (Å²) in [6, 6.07) is 16.4. The van der Waals surface area contributed by atoms with Crippen LogP contribution in [0.15, 0.2) is 54.9 Å². The summed E-state index contributed by atoms with van der Waals surface area (Å²) in [5, 5.41) is 6.70. The lowest BCUT2D eigenvalue weighted by Gasteiger charge is -2.28. The van der Waals surface area contributed by atoms with Crippen molar-refractivity contribution in [3.8, 4) is 0 Å². The molecule has 0 aliphatic carbocycles. The molecule has 4 aromatic rings. The standard InChI is InChI=1S/C23H26N8O/c1-30(2)19-5-3-4-17(14-19)27-23-28-21-20(24-15-25-21)22(29-23)26-16-6-8-18(9-7-16)31-10-12-32-13-11-31/h3-9,14-15H,10-13H2,1-2H3,(H3,24,25,26,27,28,29). The Balaban J connectivity index is 1.39. The Bertz CT molecular complexity index is 1200. The molecule has 32 heavy (non-hydrogen) atoms. The average Bonchev–Trinajstić information content (AvgIpc) is 3.29. The number of aromatic nitrogens is 4. The molecule has 3 N–H and O–H groups in total. The summed E-state index contributed by atoms with van der Waals surface area (Å²) < 4.78 is 5.44. The van der Waals surface area contributed by atoms with Crippen LogP contribution in [-0.4, -0.2) is 60.3 Å². The van der Waals surface area contributed by atoms with Gasteiger partial charge in [0.25, 0.3) is 0 Å². The number of morpholine rings is 1. The Morgan fingerprint density at radius 3 is 2.56 bits per heavy atom. The van der Waals surface area contributed by atoms with E-state index in [1.807, 2.05) is 26.2 Å². The first-order chi connectivity index (χ1) is 15.7. The first-order valence-electron chi connectivity index (χ1n) is 10.6. The minimum absolute atomic E-state index is 0.480. The number of rotatable bonds is 6. The summed E-state index contributed by atoms with van der Waals surface area (Å²) in [6.45, 7) is 3.37. The maximum Gasteiger partial charge on any atom is 0.231 e. The molecule has 164 valence electrons. The van der Waals surface area contributed by atoms with Crippen molar-refractivity contribution in [3.63, 3.8) is 0 Å². The Morgan fingerprint density at radius 2 is 1.78 bits per heavy atom. The van der Waals surface area contributed by atoms with Gasteiger partial charge < -0.3 is 30.2 Å². The second-order valence-electron chi connectivity index (χ2n) is 7.84. The molecule has 9 nitrogen and oxygen atoms in total. The molecule has 0 bridgehead atoms. The highest BCUT2D eigenvalue weighted by Crippen LogP contribution is 2.27. The number of nitrogens with zero attached hydrogens (tertiary/aromatic N) is 5. The van der Waals surface area contributed by atoms with E-state index >= 15 is 0 Å². The topological polar surface area (TPSA) is 94.2 Å². The van der Waals surface area contributed by atoms with Crippen LogP contribution in [0.3, 0.4) is 0 Å². The van der Waals surface area contributed by atoms with Gasteiger partial charge in [-0.1, -0.05) is 6.07 Å². The van der Waals surface area contributed by atoms with Gasteiger partial charge in [-0.25, -0.2) is 4.98 Å². The zero-order valence-corrected chi connectivity index (χ0v) is 18.2. The van der Waals surface area contributed by atoms with Gasteiger partial charge in [-0.2, -0.15) is 9.97 Å². The fourth-order valence-electron chi connectivity index (χ4n) is 3.68. The summed E-state index contributed by atoms with van der Waals surface area (Å²) in [6.07, 6.45) is 1.63. The molecule has 9 heteroatoms. The van der Waals surface area contributed by atoms with Crippen molar-refractivity contribution in [2.75, 3.05) is 60.8 Å². The van der Waals surface area contributed by atoms with Crippen molar-refractivity contribution in [2.45, 2.75) is 0 Å². The minimum atomic E-state index is 0.480. The van der Waals surface area contributed by atoms with E-state index in [1.54, 1.807) is 6.33 Å². The van der Waals surface area contributed by atoms with Gasteiger partial charge in [-0.3, -0.25) is 0 Å². The number of hydrogen-bond acceptors (Lipinski definition) is 8. The summed E-state index contributed by atoms with van der Waals surface area (Å²) >= 11 is 0. The molecule has 1 aliphatic heterocycles. The van der Waals surface area contributed by atoms with E-state index in [0.29, 0.717) is 17.4 Å². The molecule has 3 heterocycles. The summed E-state index contributed by atoms with van der Waals surface area (Å²) in [7, 11) is 4.02. The second kappa shape index (κ2) is 8.72. The van der Waals surface area contributed by atoms with Crippen molar-refractivity contribution in [3.05, 3.63) is 54.9 Å². The van der Waals surface area contributed by atoms with Crippen LogP contribution in [0.1, 0.15) is 0 Å². The first kappa shape index (κ1) is 20.1. The molecule has 0 saturated carbocycles. The molecular formula is C23H26N8O. The molecule has 1 saturated heterocycles. The lowest BCUT2D eigenvalue weighted by molar-refractivity contribution is 0.122. The molecule has 1 aliphatic rings. The molecule has 2 aromatic carbocycles. The Hall–Kier alpha value is -3.85. The zero-order chi connectivity index (χ0) is 21.9. The molecule has 0 atom stereocenters. The van der Waals surface area contributed by atoms with Gasteiger partial charge in [0.2, 0.25) is 5.95 Å². The van der Waals surface area contributed by atoms with Crippen LogP contribution in [-0.2, 0) is 4.74 Å². The normalized spacial score (nSPS) is 13.9. The second-order valence-corrected chi connectivity index (χ2v) is 7.84. The average molecular weight is 431 g/mol. The maximum absolute atomic E-state index is 5.44. The van der Waals surface area contributed by atoms with Crippen molar-refractivity contribution in [2.24, 2.45) is 0 Å². The highest BCUT2D eigenvalue weighted by molar-refractivity contribution is 5.86. The molecule has 0 unspecified atom stereocenters. The highest BCUT2D eigenvalue weighted by Gasteiger charge is 2.13. The zero-order valence-electron chi connectivity index (χ0n) is 18.2. The van der Waals surface area contributed by atoms with Crippen molar-refractivity contribution in [1.82, 2.24) is 19.9 Å². The van der Waals surface area contributed by atoms with Crippen LogP contribution in [0.2, 0.25) is 0 Å². The van der Waals surface area contributed by atoms with E-state index < -0.39 is 0 Å². The Morgan fingerprint density at radius 1 is 0.969 bits per heavy atom. The lowest BCUT2D eigenvalue weighted by Crippen LogP contribution is -2.36. The first-order valence-corrected chi connectivity index (χ1v) is 10.6. The molecule has 0 radical (unpaired) electrons. The van der Waals surface area contributed by atoms with Crippen LogP contribution in [0, 0.1) is 0 Å². The van der Waals surface area contributed by atoms with Crippen LogP contribution in [0.5, 0.6) is 0 Å². The van der Waals surface area contributed by atoms with Crippen LogP contribution in [0.25, 0.3) is 11.2 Å². The summed E-state index contributed by atoms with van der Waals surface area (Å²) in [5.74, 6) is 1.14. The third kappa shape index (κ3) is 4.28. The van der Waals surface area contributed by atoms with E-state index in [2.05, 4.69) is 71.8 Å². The van der Waals surface area contributed by atoms with Gasteiger partial charge in [-0.05, 0) is 42.5 Å². The number of hydrogen-bond donors (Lipinski definition) is 3. The number of ether oxygens (including phenoxy) is 1. The predicted octanol–water partition coefficient (Wildman–Crippen LogP) is 3.74. The summed E-state index contributed by atoms with van der Waals surface area (Å²) in [5.41, 5.74) is 5.49. The molecule has 0 spiro atoms. The van der Waals surface area contributed by atoms with Crippen molar-refractivity contribution in [1.29, 1.82) is 0 Å². The van der Waals surface area contributed by atoms with E-state index in [0.717, 1.165) is 48.9 Å². The molecule has 1 fully saturated rings. The highest BCUT2D eigenvalue weighted by atomic mass is 16.5. The quantitative estimate of drug-likeness (QED) is 0.426. The molecule has 0 amide bonds. The smallest absolute Gasteiger partial charge is 0.231 e. The van der Waals surface area contributed by atoms with Gasteiger partial charge in [0.1, 0.15) is 5.52 Å². The molecule has 5 rings (SSSR count). The van der Waals surface area contributed by atoms with Gasteiger partial charge in [0, 0.05) is 49.9 Å². The third-order valence-electron chi connectivity index (χ3n) is 5.41. The third-order valence-corrected chi connectivity index (χ3v) is 5.41. The van der Waals surface area contributed by atoms with Crippen molar-refractivity contribution >= 4 is 45.7 Å². The maximum atomic E-state index is 5.44. The van der Waals surface area contributed by atoms with E-state index in [4.69, 9.17) is 9.72 Å². The monoisotopic (exact) mass is 430 g/mol. The van der Waals surface area contributed by atoms with Crippen LogP contribution >= 0.6 is 0 Å². The number of H-pyrrole nitrogens is 1. The molecular weight excluding hydrogens is 404 g/mol. The number of nitrogens with one attached hydrogen (secondary N) is 3. The van der Waals surface area contributed by atoms with Crippen molar-refractivity contribution < 1.29 is 4.74 Å². The Labute approximate surface area is 186 Å². The SMILES string of the molecule is CN(C)c1cccc(Nc2nc(Nc3ccc(N4CCOCC4)cc3)c3[nH]cnc3n2)c1. The fraction of sp³-hybridized carbons (Fsp3) is 0.261. The van der Waals surface area contributed by atoms with Crippen LogP contribution < -0.4 is 20.4 Å². The summed E-state index contributed by atoms with van der Waals surface area (Å²) in [4.78, 5) is 21.1. The molecule has 2 aromatic heterocycles. The number of aromatic amines is 1.